The molecule has 1 aromatic carbocycles. The summed E-state index contributed by atoms with van der Waals surface area (Å²) in [4.78, 5) is 4.51. The van der Waals surface area contributed by atoms with Crippen LogP contribution in [0.5, 0.6) is 11.5 Å². The molecule has 1 aliphatic heterocycles. The molecule has 1 atom stereocenters. The SMILES string of the molecule is CCc1nc2n(n1)C(c1ccc(OC)cc1OC)CCN2. The highest BCUT2D eigenvalue weighted by Crippen LogP contribution is 2.36. The third-order valence-electron chi connectivity index (χ3n) is 3.79. The average molecular weight is 288 g/mol. The zero-order chi connectivity index (χ0) is 14.8. The second-order valence-corrected chi connectivity index (χ2v) is 4.99. The summed E-state index contributed by atoms with van der Waals surface area (Å²) in [6.45, 7) is 2.94. The van der Waals surface area contributed by atoms with Crippen LogP contribution in [-0.2, 0) is 6.42 Å². The molecule has 1 N–H and O–H groups in total. The second-order valence-electron chi connectivity index (χ2n) is 4.99. The first-order chi connectivity index (χ1) is 10.3. The molecule has 112 valence electrons. The van der Waals surface area contributed by atoms with Crippen molar-refractivity contribution in [2.24, 2.45) is 0 Å². The van der Waals surface area contributed by atoms with E-state index in [1.165, 1.54) is 0 Å². The van der Waals surface area contributed by atoms with E-state index in [2.05, 4.69) is 22.3 Å². The van der Waals surface area contributed by atoms with Gasteiger partial charge in [-0.05, 0) is 18.6 Å². The molecular formula is C15H20N4O2. The number of hydrogen-bond donors (Lipinski definition) is 1. The Kier molecular flexibility index (Phi) is 3.68. The molecule has 3 rings (SSSR count). The summed E-state index contributed by atoms with van der Waals surface area (Å²) in [5.74, 6) is 3.30. The smallest absolute Gasteiger partial charge is 0.221 e. The molecule has 1 unspecified atom stereocenters. The van der Waals surface area contributed by atoms with Gasteiger partial charge in [0.05, 0.1) is 20.3 Å². The van der Waals surface area contributed by atoms with Crippen molar-refractivity contribution in [2.75, 3.05) is 26.1 Å². The van der Waals surface area contributed by atoms with E-state index in [9.17, 15) is 0 Å². The summed E-state index contributed by atoms with van der Waals surface area (Å²) >= 11 is 0. The number of methoxy groups -OCH3 is 2. The number of fused-ring (bicyclic) bond motifs is 1. The minimum Gasteiger partial charge on any atom is -0.497 e. The van der Waals surface area contributed by atoms with E-state index in [0.29, 0.717) is 0 Å². The fraction of sp³-hybridized carbons (Fsp3) is 0.467. The van der Waals surface area contributed by atoms with E-state index < -0.39 is 0 Å². The van der Waals surface area contributed by atoms with Crippen LogP contribution in [0.2, 0.25) is 0 Å². The van der Waals surface area contributed by atoms with Crippen LogP contribution in [0.3, 0.4) is 0 Å². The van der Waals surface area contributed by atoms with Gasteiger partial charge in [-0.1, -0.05) is 6.92 Å². The first-order valence-corrected chi connectivity index (χ1v) is 7.18. The van der Waals surface area contributed by atoms with Gasteiger partial charge in [0.1, 0.15) is 11.5 Å². The van der Waals surface area contributed by atoms with E-state index in [1.54, 1.807) is 14.2 Å². The third-order valence-corrected chi connectivity index (χ3v) is 3.79. The molecule has 0 saturated carbocycles. The lowest BCUT2D eigenvalue weighted by molar-refractivity contribution is 0.379. The number of nitrogens with zero attached hydrogens (tertiary/aromatic N) is 3. The van der Waals surface area contributed by atoms with Crippen LogP contribution >= 0.6 is 0 Å². The van der Waals surface area contributed by atoms with Crippen molar-refractivity contribution < 1.29 is 9.47 Å². The van der Waals surface area contributed by atoms with E-state index >= 15 is 0 Å². The zero-order valence-electron chi connectivity index (χ0n) is 12.6. The van der Waals surface area contributed by atoms with Gasteiger partial charge in [-0.3, -0.25) is 0 Å². The molecule has 1 aliphatic rings. The molecule has 2 aromatic rings. The van der Waals surface area contributed by atoms with Crippen LogP contribution in [0.1, 0.15) is 30.8 Å². The first-order valence-electron chi connectivity index (χ1n) is 7.18. The molecule has 21 heavy (non-hydrogen) atoms. The largest absolute Gasteiger partial charge is 0.497 e. The lowest BCUT2D eigenvalue weighted by Gasteiger charge is -2.26. The Morgan fingerprint density at radius 2 is 2.19 bits per heavy atom. The fourth-order valence-electron chi connectivity index (χ4n) is 2.68. The molecule has 2 heterocycles. The first kappa shape index (κ1) is 13.7. The van der Waals surface area contributed by atoms with Gasteiger partial charge in [-0.2, -0.15) is 10.1 Å². The van der Waals surface area contributed by atoms with Crippen molar-refractivity contribution in [3.8, 4) is 11.5 Å². The van der Waals surface area contributed by atoms with E-state index in [4.69, 9.17) is 9.47 Å². The summed E-state index contributed by atoms with van der Waals surface area (Å²) in [7, 11) is 3.33. The minimum absolute atomic E-state index is 0.134. The van der Waals surface area contributed by atoms with Gasteiger partial charge in [0.25, 0.3) is 0 Å². The van der Waals surface area contributed by atoms with Crippen molar-refractivity contribution in [1.29, 1.82) is 0 Å². The van der Waals surface area contributed by atoms with Crippen molar-refractivity contribution in [3.05, 3.63) is 29.6 Å². The summed E-state index contributed by atoms with van der Waals surface area (Å²) in [5.41, 5.74) is 1.11. The normalized spacial score (nSPS) is 17.0. The van der Waals surface area contributed by atoms with Crippen LogP contribution in [0.4, 0.5) is 5.95 Å². The molecular weight excluding hydrogens is 268 g/mol. The van der Waals surface area contributed by atoms with Crippen LogP contribution in [-0.4, -0.2) is 35.5 Å². The number of aryl methyl sites for hydroxylation is 1. The summed E-state index contributed by atoms with van der Waals surface area (Å²) in [5, 5.41) is 7.90. The van der Waals surface area contributed by atoms with Gasteiger partial charge < -0.3 is 14.8 Å². The Hall–Kier alpha value is -2.24. The predicted octanol–water partition coefficient (Wildman–Crippen LogP) is 2.26. The van der Waals surface area contributed by atoms with Crippen molar-refractivity contribution in [1.82, 2.24) is 14.8 Å². The number of anilines is 1. The number of benzene rings is 1. The lowest BCUT2D eigenvalue weighted by Crippen LogP contribution is -2.25. The Labute approximate surface area is 124 Å². The molecule has 1 aromatic heterocycles. The van der Waals surface area contributed by atoms with Crippen molar-refractivity contribution >= 4 is 5.95 Å². The van der Waals surface area contributed by atoms with Gasteiger partial charge in [0.2, 0.25) is 5.95 Å². The number of rotatable bonds is 4. The number of nitrogens with one attached hydrogen (secondary N) is 1. The third kappa shape index (κ3) is 2.41. The highest BCUT2D eigenvalue weighted by molar-refractivity contribution is 5.44. The van der Waals surface area contributed by atoms with E-state index in [1.807, 2.05) is 22.9 Å². The standard InChI is InChI=1S/C15H20N4O2/c1-4-14-17-15-16-8-7-12(19(15)18-14)11-6-5-10(20-2)9-13(11)21-3/h5-6,9,12H,4,7-8H2,1-3H3,(H,16,17,18). The highest BCUT2D eigenvalue weighted by atomic mass is 16.5. The van der Waals surface area contributed by atoms with Crippen molar-refractivity contribution in [2.45, 2.75) is 25.8 Å². The van der Waals surface area contributed by atoms with Gasteiger partial charge in [-0.15, -0.1) is 0 Å². The Bertz CT molecular complexity index is 639. The zero-order valence-corrected chi connectivity index (χ0v) is 12.6. The molecule has 0 bridgehead atoms. The fourth-order valence-corrected chi connectivity index (χ4v) is 2.68. The minimum atomic E-state index is 0.134. The van der Waals surface area contributed by atoms with Gasteiger partial charge in [-0.25, -0.2) is 4.68 Å². The second kappa shape index (κ2) is 5.63. The maximum Gasteiger partial charge on any atom is 0.221 e. The van der Waals surface area contributed by atoms with Crippen LogP contribution in [0, 0.1) is 0 Å². The van der Waals surface area contributed by atoms with Crippen LogP contribution in [0.25, 0.3) is 0 Å². The summed E-state index contributed by atoms with van der Waals surface area (Å²) in [6.07, 6.45) is 1.77. The van der Waals surface area contributed by atoms with Gasteiger partial charge in [0.15, 0.2) is 5.82 Å². The molecule has 0 saturated heterocycles. The molecule has 0 spiro atoms. The predicted molar refractivity (Wildman–Crippen MR) is 80.2 cm³/mol. The summed E-state index contributed by atoms with van der Waals surface area (Å²) in [6, 6.07) is 6.05. The number of hydrogen-bond acceptors (Lipinski definition) is 5. The topological polar surface area (TPSA) is 61.2 Å². The van der Waals surface area contributed by atoms with Crippen LogP contribution in [0.15, 0.2) is 18.2 Å². The average Bonchev–Trinajstić information content (AvgIpc) is 2.97. The molecule has 0 amide bonds. The molecule has 6 heteroatoms. The number of ether oxygens (including phenoxy) is 2. The highest BCUT2D eigenvalue weighted by Gasteiger charge is 2.26. The Balaban J connectivity index is 2.04. The monoisotopic (exact) mass is 288 g/mol. The van der Waals surface area contributed by atoms with E-state index in [0.717, 1.165) is 48.2 Å². The molecule has 6 nitrogen and oxygen atoms in total. The van der Waals surface area contributed by atoms with E-state index in [-0.39, 0.29) is 6.04 Å². The van der Waals surface area contributed by atoms with Gasteiger partial charge >= 0.3 is 0 Å². The molecule has 0 aliphatic carbocycles. The maximum atomic E-state index is 5.53. The Morgan fingerprint density at radius 3 is 2.90 bits per heavy atom. The summed E-state index contributed by atoms with van der Waals surface area (Å²) < 4.78 is 12.8. The van der Waals surface area contributed by atoms with Gasteiger partial charge in [0, 0.05) is 24.6 Å². The Morgan fingerprint density at radius 1 is 1.33 bits per heavy atom. The number of aromatic nitrogens is 3. The maximum absolute atomic E-state index is 5.53. The van der Waals surface area contributed by atoms with Crippen LogP contribution < -0.4 is 14.8 Å². The van der Waals surface area contributed by atoms with Crippen molar-refractivity contribution in [3.63, 3.8) is 0 Å². The molecule has 0 radical (unpaired) electrons. The lowest BCUT2D eigenvalue weighted by atomic mass is 10.0. The molecule has 0 fully saturated rings. The quantitative estimate of drug-likeness (QED) is 0.935.